The van der Waals surface area contributed by atoms with Crippen LogP contribution in [0, 0.1) is 13.8 Å². The lowest BCUT2D eigenvalue weighted by molar-refractivity contribution is -0.113. The largest absolute Gasteiger partial charge is 0.348 e. The van der Waals surface area contributed by atoms with Gasteiger partial charge in [-0.25, -0.2) is 8.42 Å². The fourth-order valence-electron chi connectivity index (χ4n) is 2.96. The fourth-order valence-corrected chi connectivity index (χ4v) is 4.10. The van der Waals surface area contributed by atoms with Crippen molar-refractivity contribution in [3.8, 4) is 0 Å². The SMILES string of the molecule is Cc1ccc(CNC(=O)c2ccccc2NC(=O)CS(=O)(=O)c2ccc(C)cc2)cc1. The van der Waals surface area contributed by atoms with E-state index in [1.54, 1.807) is 36.4 Å². The summed E-state index contributed by atoms with van der Waals surface area (Å²) in [7, 11) is -3.79. The molecule has 31 heavy (non-hydrogen) atoms. The average Bonchev–Trinajstić information content (AvgIpc) is 2.73. The topological polar surface area (TPSA) is 92.3 Å². The predicted octanol–water partition coefficient (Wildman–Crippen LogP) is 3.65. The number of nitrogens with one attached hydrogen (secondary N) is 2. The van der Waals surface area contributed by atoms with E-state index in [0.717, 1.165) is 16.7 Å². The lowest BCUT2D eigenvalue weighted by atomic mass is 10.1. The van der Waals surface area contributed by atoms with Gasteiger partial charge in [-0.2, -0.15) is 0 Å². The first kappa shape index (κ1) is 22.2. The van der Waals surface area contributed by atoms with Gasteiger partial charge >= 0.3 is 0 Å². The van der Waals surface area contributed by atoms with Crippen molar-refractivity contribution in [2.75, 3.05) is 11.1 Å². The highest BCUT2D eigenvalue weighted by molar-refractivity contribution is 7.92. The molecule has 3 rings (SSSR count). The van der Waals surface area contributed by atoms with Gasteiger partial charge in [-0.15, -0.1) is 0 Å². The number of amides is 2. The molecule has 0 aliphatic carbocycles. The Bertz CT molecular complexity index is 1190. The van der Waals surface area contributed by atoms with Gasteiger partial charge < -0.3 is 10.6 Å². The van der Waals surface area contributed by atoms with Crippen LogP contribution in [0.1, 0.15) is 27.0 Å². The lowest BCUT2D eigenvalue weighted by Gasteiger charge is -2.12. The first-order valence-electron chi connectivity index (χ1n) is 9.77. The summed E-state index contributed by atoms with van der Waals surface area (Å²) in [6.45, 7) is 4.17. The summed E-state index contributed by atoms with van der Waals surface area (Å²) in [6.07, 6.45) is 0. The standard InChI is InChI=1S/C24H24N2O4S/c1-17-7-11-19(12-8-17)15-25-24(28)21-5-3-4-6-22(21)26-23(27)16-31(29,30)20-13-9-18(2)10-14-20/h3-14H,15-16H2,1-2H3,(H,25,28)(H,26,27). The maximum absolute atomic E-state index is 12.6. The number of carbonyl (C=O) groups is 2. The quantitative estimate of drug-likeness (QED) is 0.591. The number of anilines is 1. The second kappa shape index (κ2) is 9.57. The zero-order valence-corrected chi connectivity index (χ0v) is 18.2. The molecule has 160 valence electrons. The predicted molar refractivity (Wildman–Crippen MR) is 121 cm³/mol. The molecule has 3 aromatic rings. The van der Waals surface area contributed by atoms with Crippen LogP contribution in [0.3, 0.4) is 0 Å². The number of benzene rings is 3. The molecule has 0 aromatic heterocycles. The molecule has 0 aliphatic heterocycles. The van der Waals surface area contributed by atoms with Crippen molar-refractivity contribution in [2.24, 2.45) is 0 Å². The highest BCUT2D eigenvalue weighted by Gasteiger charge is 2.21. The second-order valence-electron chi connectivity index (χ2n) is 7.33. The van der Waals surface area contributed by atoms with Crippen LogP contribution in [0.15, 0.2) is 77.7 Å². The van der Waals surface area contributed by atoms with Crippen LogP contribution in [0.2, 0.25) is 0 Å². The van der Waals surface area contributed by atoms with Crippen molar-refractivity contribution in [3.63, 3.8) is 0 Å². The number of hydrogen-bond donors (Lipinski definition) is 2. The zero-order chi connectivity index (χ0) is 22.4. The number of carbonyl (C=O) groups excluding carboxylic acids is 2. The van der Waals surface area contributed by atoms with Gasteiger partial charge in [0.1, 0.15) is 5.75 Å². The van der Waals surface area contributed by atoms with Gasteiger partial charge in [0.05, 0.1) is 16.1 Å². The van der Waals surface area contributed by atoms with Crippen molar-refractivity contribution < 1.29 is 18.0 Å². The monoisotopic (exact) mass is 436 g/mol. The molecule has 7 heteroatoms. The molecule has 0 radical (unpaired) electrons. The highest BCUT2D eigenvalue weighted by atomic mass is 32.2. The number of para-hydroxylation sites is 1. The molecule has 0 heterocycles. The minimum atomic E-state index is -3.79. The van der Waals surface area contributed by atoms with Crippen LogP contribution in [0.5, 0.6) is 0 Å². The molecule has 2 N–H and O–H groups in total. The smallest absolute Gasteiger partial charge is 0.253 e. The Balaban J connectivity index is 1.68. The second-order valence-corrected chi connectivity index (χ2v) is 9.32. The summed E-state index contributed by atoms with van der Waals surface area (Å²) in [5.74, 6) is -1.78. The lowest BCUT2D eigenvalue weighted by Crippen LogP contribution is -2.27. The molecular formula is C24H24N2O4S. The van der Waals surface area contributed by atoms with Gasteiger partial charge in [0.15, 0.2) is 9.84 Å². The van der Waals surface area contributed by atoms with Crippen LogP contribution in [-0.2, 0) is 21.2 Å². The molecule has 2 amide bonds. The van der Waals surface area contributed by atoms with Gasteiger partial charge in [0, 0.05) is 6.54 Å². The highest BCUT2D eigenvalue weighted by Crippen LogP contribution is 2.17. The molecule has 6 nitrogen and oxygen atoms in total. The van der Waals surface area contributed by atoms with Crippen LogP contribution in [0.4, 0.5) is 5.69 Å². The number of aryl methyl sites for hydroxylation is 2. The molecular weight excluding hydrogens is 412 g/mol. The van der Waals surface area contributed by atoms with Crippen molar-refractivity contribution in [3.05, 3.63) is 95.1 Å². The van der Waals surface area contributed by atoms with Crippen molar-refractivity contribution in [1.29, 1.82) is 0 Å². The van der Waals surface area contributed by atoms with Crippen LogP contribution >= 0.6 is 0 Å². The molecule has 0 spiro atoms. The van der Waals surface area contributed by atoms with Gasteiger partial charge in [-0.3, -0.25) is 9.59 Å². The molecule has 0 fully saturated rings. The summed E-state index contributed by atoms with van der Waals surface area (Å²) >= 11 is 0. The van der Waals surface area contributed by atoms with E-state index in [1.807, 2.05) is 38.1 Å². The summed E-state index contributed by atoms with van der Waals surface area (Å²) in [5.41, 5.74) is 3.52. The van der Waals surface area contributed by atoms with Crippen LogP contribution < -0.4 is 10.6 Å². The van der Waals surface area contributed by atoms with Gasteiger partial charge in [-0.05, 0) is 43.7 Å². The van der Waals surface area contributed by atoms with Crippen LogP contribution in [0.25, 0.3) is 0 Å². The van der Waals surface area contributed by atoms with Gasteiger partial charge in [0.25, 0.3) is 5.91 Å². The molecule has 0 aliphatic rings. The first-order chi connectivity index (χ1) is 14.7. The molecule has 3 aromatic carbocycles. The normalized spacial score (nSPS) is 11.0. The van der Waals surface area contributed by atoms with E-state index in [-0.39, 0.29) is 22.1 Å². The Morgan fingerprint density at radius 3 is 2.03 bits per heavy atom. The number of hydrogen-bond acceptors (Lipinski definition) is 4. The van der Waals surface area contributed by atoms with Crippen molar-refractivity contribution >= 4 is 27.3 Å². The molecule has 0 unspecified atom stereocenters. The summed E-state index contributed by atoms with van der Waals surface area (Å²) in [5, 5.41) is 5.37. The third-order valence-electron chi connectivity index (χ3n) is 4.72. The average molecular weight is 437 g/mol. The van der Waals surface area contributed by atoms with Gasteiger partial charge in [-0.1, -0.05) is 59.7 Å². The Kier molecular flexibility index (Phi) is 6.87. The van der Waals surface area contributed by atoms with E-state index in [9.17, 15) is 18.0 Å². The van der Waals surface area contributed by atoms with E-state index < -0.39 is 21.5 Å². The third kappa shape index (κ3) is 6.02. The van der Waals surface area contributed by atoms with E-state index in [0.29, 0.717) is 6.54 Å². The summed E-state index contributed by atoms with van der Waals surface area (Å²) in [6, 6.07) is 20.6. The summed E-state index contributed by atoms with van der Waals surface area (Å²) in [4.78, 5) is 25.2. The Morgan fingerprint density at radius 2 is 1.39 bits per heavy atom. The Hall–Kier alpha value is -3.45. The molecule has 0 atom stereocenters. The van der Waals surface area contributed by atoms with Crippen molar-refractivity contribution in [2.45, 2.75) is 25.3 Å². The molecule has 0 saturated heterocycles. The van der Waals surface area contributed by atoms with E-state index in [2.05, 4.69) is 10.6 Å². The zero-order valence-electron chi connectivity index (χ0n) is 17.4. The minimum Gasteiger partial charge on any atom is -0.348 e. The fraction of sp³-hybridized carbons (Fsp3) is 0.167. The summed E-state index contributed by atoms with van der Waals surface area (Å²) < 4.78 is 25.0. The van der Waals surface area contributed by atoms with E-state index in [4.69, 9.17) is 0 Å². The first-order valence-corrected chi connectivity index (χ1v) is 11.4. The minimum absolute atomic E-state index is 0.0809. The Morgan fingerprint density at radius 1 is 0.806 bits per heavy atom. The third-order valence-corrected chi connectivity index (χ3v) is 6.35. The van der Waals surface area contributed by atoms with Crippen molar-refractivity contribution in [1.82, 2.24) is 5.32 Å². The van der Waals surface area contributed by atoms with Crippen LogP contribution in [-0.4, -0.2) is 26.0 Å². The van der Waals surface area contributed by atoms with Gasteiger partial charge in [0.2, 0.25) is 5.91 Å². The number of sulfone groups is 1. The molecule has 0 bridgehead atoms. The van der Waals surface area contributed by atoms with E-state index in [1.165, 1.54) is 12.1 Å². The number of rotatable bonds is 7. The maximum atomic E-state index is 12.6. The maximum Gasteiger partial charge on any atom is 0.253 e. The molecule has 0 saturated carbocycles. The van der Waals surface area contributed by atoms with E-state index >= 15 is 0 Å². The Labute approximate surface area is 182 Å².